The lowest BCUT2D eigenvalue weighted by molar-refractivity contribution is -0.118. The van der Waals surface area contributed by atoms with E-state index in [1.54, 1.807) is 10.7 Å². The molecule has 2 heterocycles. The summed E-state index contributed by atoms with van der Waals surface area (Å²) >= 11 is 1.25. The van der Waals surface area contributed by atoms with Crippen LogP contribution in [-0.2, 0) is 4.79 Å². The normalized spacial score (nSPS) is 11.3. The van der Waals surface area contributed by atoms with Crippen LogP contribution in [0.4, 0.5) is 5.69 Å². The number of benzene rings is 1. The van der Waals surface area contributed by atoms with Crippen molar-refractivity contribution in [2.24, 2.45) is 5.10 Å². The van der Waals surface area contributed by atoms with Gasteiger partial charge in [-0.15, -0.1) is 5.10 Å². The zero-order valence-corrected chi connectivity index (χ0v) is 16.5. The fraction of sp³-hybridized carbons (Fsp3) is 0.278. The molecule has 9 heteroatoms. The van der Waals surface area contributed by atoms with E-state index < -0.39 is 0 Å². The van der Waals surface area contributed by atoms with Gasteiger partial charge >= 0.3 is 0 Å². The summed E-state index contributed by atoms with van der Waals surface area (Å²) in [5.74, 6) is 0.488. The highest BCUT2D eigenvalue weighted by atomic mass is 32.2. The van der Waals surface area contributed by atoms with Crippen molar-refractivity contribution in [2.45, 2.75) is 19.0 Å². The van der Waals surface area contributed by atoms with Gasteiger partial charge in [0.05, 0.1) is 12.0 Å². The van der Waals surface area contributed by atoms with Crippen LogP contribution in [0.5, 0.6) is 0 Å². The summed E-state index contributed by atoms with van der Waals surface area (Å²) in [4.78, 5) is 22.6. The van der Waals surface area contributed by atoms with E-state index in [0.29, 0.717) is 10.9 Å². The number of aryl methyl sites for hydroxylation is 2. The van der Waals surface area contributed by atoms with Gasteiger partial charge in [0.1, 0.15) is 0 Å². The second kappa shape index (κ2) is 8.17. The van der Waals surface area contributed by atoms with Gasteiger partial charge < -0.3 is 4.90 Å². The van der Waals surface area contributed by atoms with Crippen molar-refractivity contribution in [2.75, 3.05) is 24.7 Å². The average molecular weight is 383 g/mol. The Kier molecular flexibility index (Phi) is 5.70. The molecule has 3 rings (SSSR count). The summed E-state index contributed by atoms with van der Waals surface area (Å²) in [5.41, 5.74) is 6.36. The number of hydrazone groups is 1. The second-order valence-electron chi connectivity index (χ2n) is 6.21. The van der Waals surface area contributed by atoms with Gasteiger partial charge in [-0.3, -0.25) is 4.79 Å². The minimum atomic E-state index is -0.221. The largest absolute Gasteiger partial charge is 0.378 e. The lowest BCUT2D eigenvalue weighted by atomic mass is 10.2. The average Bonchev–Trinajstić information content (AvgIpc) is 3.03. The first-order valence-corrected chi connectivity index (χ1v) is 9.34. The summed E-state index contributed by atoms with van der Waals surface area (Å²) in [7, 11) is 3.97. The number of thioether (sulfide) groups is 1. The molecule has 2 aromatic heterocycles. The molecule has 0 aliphatic carbocycles. The van der Waals surface area contributed by atoms with E-state index in [0.717, 1.165) is 22.6 Å². The van der Waals surface area contributed by atoms with Crippen molar-refractivity contribution in [3.63, 3.8) is 0 Å². The van der Waals surface area contributed by atoms with Gasteiger partial charge in [0, 0.05) is 31.2 Å². The van der Waals surface area contributed by atoms with Crippen LogP contribution >= 0.6 is 11.8 Å². The molecule has 0 bridgehead atoms. The minimum Gasteiger partial charge on any atom is -0.378 e. The molecule has 0 saturated heterocycles. The first-order chi connectivity index (χ1) is 12.9. The van der Waals surface area contributed by atoms with Crippen molar-refractivity contribution < 1.29 is 4.79 Å². The number of nitrogens with zero attached hydrogens (tertiary/aromatic N) is 6. The Morgan fingerprint density at radius 1 is 1.26 bits per heavy atom. The SMILES string of the molecule is Cc1cc(C)n2nc(SCC(=O)NN=Cc3ccc(N(C)C)cc3)nc2n1. The Labute approximate surface area is 161 Å². The number of anilines is 1. The zero-order chi connectivity index (χ0) is 19.4. The summed E-state index contributed by atoms with van der Waals surface area (Å²) in [6, 6.07) is 9.80. The van der Waals surface area contributed by atoms with E-state index in [-0.39, 0.29) is 11.7 Å². The van der Waals surface area contributed by atoms with Gasteiger partial charge in [0.15, 0.2) is 0 Å². The number of carbonyl (C=O) groups is 1. The molecule has 1 amide bonds. The third-order valence-corrected chi connectivity index (χ3v) is 4.58. The minimum absolute atomic E-state index is 0.172. The first kappa shape index (κ1) is 18.8. The van der Waals surface area contributed by atoms with Crippen LogP contribution in [-0.4, -0.2) is 51.6 Å². The van der Waals surface area contributed by atoms with Gasteiger partial charge in [-0.25, -0.2) is 14.9 Å². The van der Waals surface area contributed by atoms with Crippen LogP contribution in [0.15, 0.2) is 40.6 Å². The summed E-state index contributed by atoms with van der Waals surface area (Å²) in [5, 5.41) is 8.86. The van der Waals surface area contributed by atoms with Crippen molar-refractivity contribution in [3.8, 4) is 0 Å². The van der Waals surface area contributed by atoms with Crippen LogP contribution in [0.1, 0.15) is 17.0 Å². The van der Waals surface area contributed by atoms with Crippen LogP contribution in [0.25, 0.3) is 5.78 Å². The maximum atomic E-state index is 12.0. The monoisotopic (exact) mass is 383 g/mol. The van der Waals surface area contributed by atoms with Crippen LogP contribution in [0.2, 0.25) is 0 Å². The van der Waals surface area contributed by atoms with Crippen LogP contribution < -0.4 is 10.3 Å². The zero-order valence-electron chi connectivity index (χ0n) is 15.7. The number of hydrogen-bond acceptors (Lipinski definition) is 7. The molecule has 0 fully saturated rings. The second-order valence-corrected chi connectivity index (χ2v) is 7.16. The Morgan fingerprint density at radius 3 is 2.70 bits per heavy atom. The molecule has 8 nitrogen and oxygen atoms in total. The van der Waals surface area contributed by atoms with E-state index in [9.17, 15) is 4.79 Å². The highest BCUT2D eigenvalue weighted by Gasteiger charge is 2.10. The molecule has 0 radical (unpaired) electrons. The highest BCUT2D eigenvalue weighted by molar-refractivity contribution is 7.99. The molecule has 0 aliphatic rings. The molecular weight excluding hydrogens is 362 g/mol. The standard InChI is InChI=1S/C18H21N7OS/c1-12-9-13(2)25-17(20-12)21-18(23-25)27-11-16(26)22-19-10-14-5-7-15(8-6-14)24(3)4/h5-10H,11H2,1-4H3,(H,22,26). The Balaban J connectivity index is 1.53. The molecule has 0 atom stereocenters. The number of hydrogen-bond donors (Lipinski definition) is 1. The van der Waals surface area contributed by atoms with Crippen molar-refractivity contribution >= 4 is 35.3 Å². The van der Waals surface area contributed by atoms with Gasteiger partial charge in [-0.1, -0.05) is 23.9 Å². The molecular formula is C18H21N7OS. The Bertz CT molecular complexity index is 979. The molecule has 1 N–H and O–H groups in total. The number of rotatable bonds is 6. The third-order valence-electron chi connectivity index (χ3n) is 3.74. The van der Waals surface area contributed by atoms with Gasteiger partial charge in [0.2, 0.25) is 5.16 Å². The third kappa shape index (κ3) is 4.82. The molecule has 0 spiro atoms. The number of fused-ring (bicyclic) bond motifs is 1. The molecule has 1 aromatic carbocycles. The summed E-state index contributed by atoms with van der Waals surface area (Å²) in [6.07, 6.45) is 1.61. The number of aromatic nitrogens is 4. The lowest BCUT2D eigenvalue weighted by Gasteiger charge is -2.11. The molecule has 0 unspecified atom stereocenters. The molecule has 27 heavy (non-hydrogen) atoms. The number of amides is 1. The van der Waals surface area contributed by atoms with Gasteiger partial charge in [-0.2, -0.15) is 10.1 Å². The van der Waals surface area contributed by atoms with E-state index in [4.69, 9.17) is 0 Å². The van der Waals surface area contributed by atoms with Crippen molar-refractivity contribution in [1.82, 2.24) is 25.0 Å². The maximum Gasteiger partial charge on any atom is 0.253 e. The highest BCUT2D eigenvalue weighted by Crippen LogP contribution is 2.15. The molecule has 0 saturated carbocycles. The van der Waals surface area contributed by atoms with Crippen molar-refractivity contribution in [3.05, 3.63) is 47.3 Å². The molecule has 140 valence electrons. The Hall–Kier alpha value is -2.94. The fourth-order valence-corrected chi connectivity index (χ4v) is 3.02. The maximum absolute atomic E-state index is 12.0. The number of nitrogens with one attached hydrogen (secondary N) is 1. The smallest absolute Gasteiger partial charge is 0.253 e. The topological polar surface area (TPSA) is 87.8 Å². The van der Waals surface area contributed by atoms with Gasteiger partial charge in [-0.05, 0) is 37.6 Å². The molecule has 3 aromatic rings. The molecule has 0 aliphatic heterocycles. The van der Waals surface area contributed by atoms with E-state index in [1.165, 1.54) is 11.8 Å². The predicted molar refractivity (Wildman–Crippen MR) is 107 cm³/mol. The Morgan fingerprint density at radius 2 is 2.00 bits per heavy atom. The van der Waals surface area contributed by atoms with Gasteiger partial charge in [0.25, 0.3) is 11.7 Å². The van der Waals surface area contributed by atoms with E-state index in [1.807, 2.05) is 63.2 Å². The predicted octanol–water partition coefficient (Wildman–Crippen LogP) is 2.05. The van der Waals surface area contributed by atoms with Crippen LogP contribution in [0.3, 0.4) is 0 Å². The summed E-state index contributed by atoms with van der Waals surface area (Å²) in [6.45, 7) is 3.85. The fourth-order valence-electron chi connectivity index (χ4n) is 2.41. The van der Waals surface area contributed by atoms with Crippen LogP contribution in [0, 0.1) is 13.8 Å². The number of carbonyl (C=O) groups excluding carboxylic acids is 1. The first-order valence-electron chi connectivity index (χ1n) is 8.35. The van der Waals surface area contributed by atoms with E-state index in [2.05, 4.69) is 25.6 Å². The van der Waals surface area contributed by atoms with E-state index >= 15 is 0 Å². The quantitative estimate of drug-likeness (QED) is 0.398. The lowest BCUT2D eigenvalue weighted by Crippen LogP contribution is -2.19. The van der Waals surface area contributed by atoms with Crippen molar-refractivity contribution in [1.29, 1.82) is 0 Å². The summed E-state index contributed by atoms with van der Waals surface area (Å²) < 4.78 is 1.67.